The third kappa shape index (κ3) is 1.89. The molecule has 1 aromatic heterocycles. The molecule has 17 heavy (non-hydrogen) atoms. The molecule has 0 aromatic carbocycles. The molecule has 93 valence electrons. The quantitative estimate of drug-likeness (QED) is 0.573. The van der Waals surface area contributed by atoms with Crippen molar-refractivity contribution < 1.29 is 5.21 Å². The Morgan fingerprint density at radius 3 is 2.41 bits per heavy atom. The van der Waals surface area contributed by atoms with Crippen LogP contribution in [0.1, 0.15) is 32.6 Å². The Labute approximate surface area is 120 Å². The Kier molecular flexibility index (Phi) is 3.44. The van der Waals surface area contributed by atoms with Gasteiger partial charge in [-0.05, 0) is 50.3 Å². The molecule has 0 aliphatic carbocycles. The summed E-state index contributed by atoms with van der Waals surface area (Å²) in [6, 6.07) is 4.16. The van der Waals surface area contributed by atoms with Gasteiger partial charge in [0.1, 0.15) is 0 Å². The van der Waals surface area contributed by atoms with Crippen LogP contribution < -0.4 is 0 Å². The average molecular weight is 362 g/mol. The topological polar surface area (TPSA) is 23.1 Å². The smallest absolute Gasteiger partial charge is 0.0709 e. The van der Waals surface area contributed by atoms with E-state index in [0.717, 1.165) is 4.43 Å². The minimum absolute atomic E-state index is 0.399. The first-order chi connectivity index (χ1) is 7.83. The SMILES string of the molecule is CC1(C)C(CI)=C(c2cccs2)C(C)(C)N1[O]. The maximum absolute atomic E-state index is 12.5. The van der Waals surface area contributed by atoms with E-state index in [1.165, 1.54) is 21.1 Å². The lowest BCUT2D eigenvalue weighted by molar-refractivity contribution is -0.236. The van der Waals surface area contributed by atoms with Gasteiger partial charge in [0.25, 0.3) is 0 Å². The number of halogens is 1. The van der Waals surface area contributed by atoms with E-state index in [2.05, 4.69) is 34.0 Å². The van der Waals surface area contributed by atoms with Gasteiger partial charge in [0, 0.05) is 9.30 Å². The van der Waals surface area contributed by atoms with Crippen molar-refractivity contribution in [3.63, 3.8) is 0 Å². The van der Waals surface area contributed by atoms with Crippen LogP contribution >= 0.6 is 33.9 Å². The van der Waals surface area contributed by atoms with Gasteiger partial charge in [-0.15, -0.1) is 21.6 Å². The largest absolute Gasteiger partial charge is 0.144 e. The van der Waals surface area contributed by atoms with Crippen LogP contribution in [0.25, 0.3) is 5.57 Å². The molecule has 1 radical (unpaired) electrons. The fraction of sp³-hybridized carbons (Fsp3) is 0.538. The first-order valence-corrected chi connectivity index (χ1v) is 8.05. The maximum atomic E-state index is 12.5. The van der Waals surface area contributed by atoms with Gasteiger partial charge in [0.05, 0.1) is 11.1 Å². The molecule has 0 saturated heterocycles. The number of hydrogen-bond donors (Lipinski definition) is 0. The number of nitrogens with zero attached hydrogens (tertiary/aromatic N) is 1. The molecule has 0 atom stereocenters. The summed E-state index contributed by atoms with van der Waals surface area (Å²) >= 11 is 4.08. The van der Waals surface area contributed by atoms with Gasteiger partial charge in [-0.2, -0.15) is 0 Å². The van der Waals surface area contributed by atoms with Gasteiger partial charge >= 0.3 is 0 Å². The zero-order valence-corrected chi connectivity index (χ0v) is 13.6. The number of thiophene rings is 1. The van der Waals surface area contributed by atoms with E-state index in [-0.39, 0.29) is 0 Å². The number of hydrogen-bond acceptors (Lipinski definition) is 2. The second kappa shape index (κ2) is 4.33. The molecule has 2 nitrogen and oxygen atoms in total. The maximum Gasteiger partial charge on any atom is 0.0709 e. The van der Waals surface area contributed by atoms with Gasteiger partial charge in [-0.25, -0.2) is 0 Å². The van der Waals surface area contributed by atoms with E-state index in [1.54, 1.807) is 11.3 Å². The van der Waals surface area contributed by atoms with Gasteiger partial charge < -0.3 is 0 Å². The highest BCUT2D eigenvalue weighted by atomic mass is 127. The van der Waals surface area contributed by atoms with E-state index in [1.807, 2.05) is 33.8 Å². The molecule has 0 bridgehead atoms. The summed E-state index contributed by atoms with van der Waals surface area (Å²) in [6.45, 7) is 8.10. The summed E-state index contributed by atoms with van der Waals surface area (Å²) in [6.07, 6.45) is 0. The third-order valence-corrected chi connectivity index (χ3v) is 5.22. The summed E-state index contributed by atoms with van der Waals surface area (Å²) in [5.41, 5.74) is 1.65. The van der Waals surface area contributed by atoms with Crippen LogP contribution in [0.15, 0.2) is 23.1 Å². The van der Waals surface area contributed by atoms with Gasteiger partial charge in [0.2, 0.25) is 0 Å². The van der Waals surface area contributed by atoms with Gasteiger partial charge in [-0.1, -0.05) is 28.7 Å². The van der Waals surface area contributed by atoms with Crippen molar-refractivity contribution in [1.29, 1.82) is 0 Å². The lowest BCUT2D eigenvalue weighted by Crippen LogP contribution is -2.47. The minimum atomic E-state index is -0.436. The first-order valence-electron chi connectivity index (χ1n) is 5.65. The molecule has 1 aromatic rings. The summed E-state index contributed by atoms with van der Waals surface area (Å²) in [5.74, 6) is 0. The molecule has 4 heteroatoms. The van der Waals surface area contributed by atoms with Crippen LogP contribution in [0, 0.1) is 0 Å². The number of rotatable bonds is 2. The highest BCUT2D eigenvalue weighted by molar-refractivity contribution is 14.1. The minimum Gasteiger partial charge on any atom is -0.144 e. The Hall–Kier alpha value is 0.0900. The van der Waals surface area contributed by atoms with Crippen LogP contribution in [0.5, 0.6) is 0 Å². The fourth-order valence-corrected chi connectivity index (χ4v) is 4.97. The molecular weight excluding hydrogens is 345 g/mol. The van der Waals surface area contributed by atoms with Crippen molar-refractivity contribution in [3.05, 3.63) is 28.0 Å². The predicted molar refractivity (Wildman–Crippen MR) is 80.8 cm³/mol. The molecule has 0 N–H and O–H groups in total. The van der Waals surface area contributed by atoms with Crippen molar-refractivity contribution in [1.82, 2.24) is 5.06 Å². The summed E-state index contributed by atoms with van der Waals surface area (Å²) in [4.78, 5) is 1.23. The molecule has 2 rings (SSSR count). The zero-order chi connectivity index (χ0) is 12.8. The van der Waals surface area contributed by atoms with E-state index in [0.29, 0.717) is 0 Å². The first kappa shape index (κ1) is 13.5. The Morgan fingerprint density at radius 1 is 1.29 bits per heavy atom. The Balaban J connectivity index is 2.66. The average Bonchev–Trinajstić information content (AvgIpc) is 2.79. The van der Waals surface area contributed by atoms with Crippen molar-refractivity contribution in [3.8, 4) is 0 Å². The summed E-state index contributed by atoms with van der Waals surface area (Å²) in [7, 11) is 0. The molecule has 0 spiro atoms. The highest BCUT2D eigenvalue weighted by Crippen LogP contribution is 2.50. The second-order valence-corrected chi connectivity index (χ2v) is 7.09. The van der Waals surface area contributed by atoms with Crippen LogP contribution in [0.4, 0.5) is 0 Å². The van der Waals surface area contributed by atoms with Gasteiger partial charge in [0.15, 0.2) is 0 Å². The van der Waals surface area contributed by atoms with Crippen LogP contribution in [0.2, 0.25) is 0 Å². The molecule has 0 fully saturated rings. The lowest BCUT2D eigenvalue weighted by atomic mass is 9.90. The molecule has 1 aliphatic heterocycles. The van der Waals surface area contributed by atoms with Crippen molar-refractivity contribution >= 4 is 39.5 Å². The van der Waals surface area contributed by atoms with Crippen LogP contribution in [-0.2, 0) is 5.21 Å². The molecule has 0 amide bonds. The molecule has 0 saturated carbocycles. The van der Waals surface area contributed by atoms with Crippen LogP contribution in [-0.4, -0.2) is 20.6 Å². The predicted octanol–water partition coefficient (Wildman–Crippen LogP) is 4.16. The third-order valence-electron chi connectivity index (χ3n) is 3.57. The van der Waals surface area contributed by atoms with E-state index >= 15 is 0 Å². The highest BCUT2D eigenvalue weighted by Gasteiger charge is 2.51. The fourth-order valence-electron chi connectivity index (χ4n) is 2.70. The van der Waals surface area contributed by atoms with Crippen LogP contribution in [0.3, 0.4) is 0 Å². The Morgan fingerprint density at radius 2 is 1.94 bits per heavy atom. The number of hydroxylamine groups is 2. The summed E-state index contributed by atoms with van der Waals surface area (Å²) < 4.78 is 0.903. The Bertz CT molecular complexity index is 448. The van der Waals surface area contributed by atoms with Crippen molar-refractivity contribution in [2.24, 2.45) is 0 Å². The lowest BCUT2D eigenvalue weighted by Gasteiger charge is -2.34. The molecule has 0 unspecified atom stereocenters. The van der Waals surface area contributed by atoms with E-state index in [9.17, 15) is 5.21 Å². The summed E-state index contributed by atoms with van der Waals surface area (Å²) in [5, 5.41) is 15.8. The normalized spacial score (nSPS) is 23.4. The second-order valence-electron chi connectivity index (χ2n) is 5.38. The van der Waals surface area contributed by atoms with E-state index in [4.69, 9.17) is 0 Å². The monoisotopic (exact) mass is 362 g/mol. The van der Waals surface area contributed by atoms with E-state index < -0.39 is 11.1 Å². The van der Waals surface area contributed by atoms with Gasteiger partial charge in [-0.3, -0.25) is 0 Å². The number of alkyl halides is 1. The molecular formula is C13H17INOS. The zero-order valence-electron chi connectivity index (χ0n) is 10.6. The molecule has 1 aliphatic rings. The van der Waals surface area contributed by atoms with Crippen molar-refractivity contribution in [2.75, 3.05) is 4.43 Å². The molecule has 2 heterocycles. The van der Waals surface area contributed by atoms with Crippen molar-refractivity contribution in [2.45, 2.75) is 38.8 Å². The standard InChI is InChI=1S/C13H17INOS/c1-12(2)9(8-14)11(10-6-5-7-17-10)13(3,4)15(12)16/h5-7H,8H2,1-4H3.